The number of nitrogens with one attached hydrogen (secondary N) is 1. The number of nitrogens with zero attached hydrogens (tertiary/aromatic N) is 1. The average molecular weight is 274 g/mol. The lowest BCUT2D eigenvalue weighted by atomic mass is 9.90. The third-order valence-electron chi connectivity index (χ3n) is 3.20. The third-order valence-corrected chi connectivity index (χ3v) is 3.20. The average Bonchev–Trinajstić information content (AvgIpc) is 2.44. The summed E-state index contributed by atoms with van der Waals surface area (Å²) in [6, 6.07) is 11.9. The van der Waals surface area contributed by atoms with E-state index in [0.29, 0.717) is 13.0 Å². The fraction of sp³-hybridized carbons (Fsp3) is 0.500. The van der Waals surface area contributed by atoms with Crippen molar-refractivity contribution in [2.45, 2.75) is 32.6 Å². The van der Waals surface area contributed by atoms with Gasteiger partial charge in [0, 0.05) is 25.5 Å². The van der Waals surface area contributed by atoms with Crippen molar-refractivity contribution in [2.24, 2.45) is 5.41 Å². The minimum Gasteiger partial charge on any atom is -0.396 e. The van der Waals surface area contributed by atoms with Crippen LogP contribution in [0.5, 0.6) is 0 Å². The number of carbonyl (C=O) groups excluding carboxylic acids is 1. The first-order valence-electron chi connectivity index (χ1n) is 6.82. The zero-order chi connectivity index (χ0) is 15.0. The molecule has 0 fully saturated rings. The molecule has 0 aliphatic heterocycles. The number of amides is 1. The second-order valence-electron chi connectivity index (χ2n) is 5.60. The van der Waals surface area contributed by atoms with Gasteiger partial charge >= 0.3 is 0 Å². The highest BCUT2D eigenvalue weighted by molar-refractivity contribution is 5.77. The molecular formula is C16H22N2O2. The van der Waals surface area contributed by atoms with Crippen LogP contribution in [0.3, 0.4) is 0 Å². The monoisotopic (exact) mass is 274 g/mol. The minimum absolute atomic E-state index is 0.0825. The number of hydrogen-bond donors (Lipinski definition) is 2. The van der Waals surface area contributed by atoms with Crippen molar-refractivity contribution in [1.82, 2.24) is 5.32 Å². The second-order valence-corrected chi connectivity index (χ2v) is 5.60. The maximum atomic E-state index is 11.8. The van der Waals surface area contributed by atoms with E-state index in [1.165, 1.54) is 0 Å². The molecule has 1 atom stereocenters. The van der Waals surface area contributed by atoms with Gasteiger partial charge in [0.2, 0.25) is 5.91 Å². The SMILES string of the molecule is CC(C)(C#N)CC(=O)NC[C@@H](CCO)c1ccccc1. The molecule has 0 heterocycles. The maximum absolute atomic E-state index is 11.8. The highest BCUT2D eigenvalue weighted by atomic mass is 16.3. The van der Waals surface area contributed by atoms with Gasteiger partial charge in [0.15, 0.2) is 0 Å². The standard InChI is InChI=1S/C16H22N2O2/c1-16(2,12-17)10-15(20)18-11-14(8-9-19)13-6-4-3-5-7-13/h3-7,14,19H,8-11H2,1-2H3,(H,18,20)/t14-/m1/s1. The smallest absolute Gasteiger partial charge is 0.221 e. The van der Waals surface area contributed by atoms with Crippen molar-refractivity contribution >= 4 is 5.91 Å². The molecule has 0 bridgehead atoms. The number of benzene rings is 1. The molecular weight excluding hydrogens is 252 g/mol. The lowest BCUT2D eigenvalue weighted by Crippen LogP contribution is -2.32. The summed E-state index contributed by atoms with van der Waals surface area (Å²) in [5.41, 5.74) is 0.449. The van der Waals surface area contributed by atoms with Crippen LogP contribution < -0.4 is 5.32 Å². The van der Waals surface area contributed by atoms with Crippen molar-refractivity contribution < 1.29 is 9.90 Å². The highest BCUT2D eigenvalue weighted by Gasteiger charge is 2.22. The van der Waals surface area contributed by atoms with Crippen LogP contribution in [0, 0.1) is 16.7 Å². The van der Waals surface area contributed by atoms with E-state index >= 15 is 0 Å². The van der Waals surface area contributed by atoms with Gasteiger partial charge in [-0.25, -0.2) is 0 Å². The van der Waals surface area contributed by atoms with Gasteiger partial charge in [0.05, 0.1) is 11.5 Å². The van der Waals surface area contributed by atoms with Crippen LogP contribution in [0.1, 0.15) is 38.2 Å². The quantitative estimate of drug-likeness (QED) is 0.800. The Balaban J connectivity index is 2.56. The second kappa shape index (κ2) is 7.66. The molecule has 1 aromatic carbocycles. The zero-order valence-electron chi connectivity index (χ0n) is 12.1. The number of hydrogen-bond acceptors (Lipinski definition) is 3. The van der Waals surface area contributed by atoms with Gasteiger partial charge in [-0.1, -0.05) is 30.3 Å². The zero-order valence-corrected chi connectivity index (χ0v) is 12.1. The van der Waals surface area contributed by atoms with Gasteiger partial charge < -0.3 is 10.4 Å². The van der Waals surface area contributed by atoms with E-state index in [0.717, 1.165) is 5.56 Å². The van der Waals surface area contributed by atoms with E-state index in [9.17, 15) is 4.79 Å². The van der Waals surface area contributed by atoms with Gasteiger partial charge in [-0.15, -0.1) is 0 Å². The van der Waals surface area contributed by atoms with Gasteiger partial charge in [-0.3, -0.25) is 4.79 Å². The topological polar surface area (TPSA) is 73.1 Å². The maximum Gasteiger partial charge on any atom is 0.221 e. The van der Waals surface area contributed by atoms with Crippen molar-refractivity contribution in [3.63, 3.8) is 0 Å². The molecule has 0 aliphatic rings. The summed E-state index contributed by atoms with van der Waals surface area (Å²) in [6.45, 7) is 4.05. The molecule has 20 heavy (non-hydrogen) atoms. The first kappa shape index (κ1) is 16.2. The Morgan fingerprint density at radius 3 is 2.60 bits per heavy atom. The lowest BCUT2D eigenvalue weighted by molar-refractivity contribution is -0.122. The van der Waals surface area contributed by atoms with Gasteiger partial charge in [0.25, 0.3) is 0 Å². The molecule has 1 rings (SSSR count). The van der Waals surface area contributed by atoms with Crippen molar-refractivity contribution in [3.8, 4) is 6.07 Å². The van der Waals surface area contributed by atoms with E-state index in [1.54, 1.807) is 13.8 Å². The summed E-state index contributed by atoms with van der Waals surface area (Å²) >= 11 is 0. The molecule has 0 spiro atoms. The van der Waals surface area contributed by atoms with Crippen molar-refractivity contribution in [3.05, 3.63) is 35.9 Å². The van der Waals surface area contributed by atoms with E-state index in [2.05, 4.69) is 11.4 Å². The highest BCUT2D eigenvalue weighted by Crippen LogP contribution is 2.20. The summed E-state index contributed by atoms with van der Waals surface area (Å²) in [4.78, 5) is 11.8. The first-order chi connectivity index (χ1) is 9.48. The molecule has 1 amide bonds. The molecule has 0 unspecified atom stereocenters. The van der Waals surface area contributed by atoms with Crippen LogP contribution in [0.15, 0.2) is 30.3 Å². The first-order valence-corrected chi connectivity index (χ1v) is 6.82. The van der Waals surface area contributed by atoms with E-state index < -0.39 is 5.41 Å². The fourth-order valence-electron chi connectivity index (χ4n) is 2.01. The van der Waals surface area contributed by atoms with Crippen LogP contribution in [0.2, 0.25) is 0 Å². The van der Waals surface area contributed by atoms with E-state index in [-0.39, 0.29) is 24.9 Å². The normalized spacial score (nSPS) is 12.5. The molecule has 2 N–H and O–H groups in total. The van der Waals surface area contributed by atoms with Crippen LogP contribution in [-0.4, -0.2) is 24.2 Å². The Morgan fingerprint density at radius 2 is 2.05 bits per heavy atom. The number of nitriles is 1. The number of carbonyl (C=O) groups is 1. The van der Waals surface area contributed by atoms with E-state index in [4.69, 9.17) is 10.4 Å². The molecule has 0 aromatic heterocycles. The number of aliphatic hydroxyl groups excluding tert-OH is 1. The third kappa shape index (κ3) is 5.41. The Bertz CT molecular complexity index is 463. The minimum atomic E-state index is -0.649. The number of aliphatic hydroxyl groups is 1. The molecule has 4 heteroatoms. The van der Waals surface area contributed by atoms with Crippen LogP contribution >= 0.6 is 0 Å². The Labute approximate surface area is 120 Å². The Morgan fingerprint density at radius 1 is 1.40 bits per heavy atom. The fourth-order valence-corrected chi connectivity index (χ4v) is 2.01. The largest absolute Gasteiger partial charge is 0.396 e. The summed E-state index contributed by atoms with van der Waals surface area (Å²) in [6.07, 6.45) is 0.788. The molecule has 0 saturated heterocycles. The van der Waals surface area contributed by atoms with Gasteiger partial charge in [-0.2, -0.15) is 5.26 Å². The van der Waals surface area contributed by atoms with E-state index in [1.807, 2.05) is 30.3 Å². The summed E-state index contributed by atoms with van der Waals surface area (Å²) < 4.78 is 0. The predicted molar refractivity (Wildman–Crippen MR) is 77.9 cm³/mol. The molecule has 0 radical (unpaired) electrons. The lowest BCUT2D eigenvalue weighted by Gasteiger charge is -2.19. The van der Waals surface area contributed by atoms with Gasteiger partial charge in [-0.05, 0) is 25.8 Å². The van der Waals surface area contributed by atoms with Crippen molar-refractivity contribution in [1.29, 1.82) is 5.26 Å². The predicted octanol–water partition coefficient (Wildman–Crippen LogP) is 2.21. The number of rotatable bonds is 7. The summed E-state index contributed by atoms with van der Waals surface area (Å²) in [5, 5.41) is 20.9. The molecule has 0 saturated carbocycles. The van der Waals surface area contributed by atoms with Crippen molar-refractivity contribution in [2.75, 3.05) is 13.2 Å². The molecule has 0 aliphatic carbocycles. The van der Waals surface area contributed by atoms with Crippen LogP contribution in [-0.2, 0) is 4.79 Å². The molecule has 4 nitrogen and oxygen atoms in total. The molecule has 1 aromatic rings. The van der Waals surface area contributed by atoms with Gasteiger partial charge in [0.1, 0.15) is 0 Å². The van der Waals surface area contributed by atoms with Crippen LogP contribution in [0.4, 0.5) is 0 Å². The summed E-state index contributed by atoms with van der Waals surface area (Å²) in [7, 11) is 0. The molecule has 108 valence electrons. The Kier molecular flexibility index (Phi) is 6.20. The Hall–Kier alpha value is -1.86. The van der Waals surface area contributed by atoms with Crippen LogP contribution in [0.25, 0.3) is 0 Å². The summed E-state index contributed by atoms with van der Waals surface area (Å²) in [5.74, 6) is -0.0363.